The number of esters is 2. The van der Waals surface area contributed by atoms with E-state index in [1.165, 1.54) is 4.90 Å². The predicted molar refractivity (Wildman–Crippen MR) is 382 cm³/mol. The Hall–Kier alpha value is -2.84. The number of hydrogen-bond donors (Lipinski definition) is 6. The van der Waals surface area contributed by atoms with Crippen LogP contribution in [-0.4, -0.2) is 163 Å². The van der Waals surface area contributed by atoms with Crippen molar-refractivity contribution in [2.75, 3.05) is 14.2 Å². The average Bonchev–Trinajstić information content (AvgIpc) is 1.46. The van der Waals surface area contributed by atoms with E-state index in [1.807, 2.05) is 83.3 Å². The number of hydrogen-bond acceptors (Lipinski definition) is 16. The molecule has 0 bridgehead atoms. The lowest BCUT2D eigenvalue weighted by Gasteiger charge is -2.65. The molecule has 2 amide bonds. The van der Waals surface area contributed by atoms with E-state index in [9.17, 15) is 44.7 Å². The first-order chi connectivity index (χ1) is 45.5. The molecule has 0 aromatic carbocycles. The molecule has 100 heavy (non-hydrogen) atoms. The normalized spacial score (nSPS) is 47.0. The van der Waals surface area contributed by atoms with E-state index in [2.05, 4.69) is 74.6 Å². The van der Waals surface area contributed by atoms with Crippen molar-refractivity contribution in [2.45, 2.75) is 376 Å². The van der Waals surface area contributed by atoms with Crippen LogP contribution in [0.3, 0.4) is 0 Å². The highest BCUT2D eigenvalue weighted by Gasteiger charge is 2.87. The van der Waals surface area contributed by atoms with E-state index in [-0.39, 0.29) is 127 Å². The molecule has 12 fully saturated rings. The lowest BCUT2D eigenvalue weighted by molar-refractivity contribution is -0.223. The molecule has 2 saturated heterocycles. The van der Waals surface area contributed by atoms with E-state index in [0.29, 0.717) is 18.8 Å². The molecule has 572 valence electrons. The molecule has 0 aromatic rings. The van der Waals surface area contributed by atoms with Crippen LogP contribution in [0, 0.1) is 101 Å². The van der Waals surface area contributed by atoms with Crippen molar-refractivity contribution in [1.29, 1.82) is 0 Å². The smallest absolute Gasteiger partial charge is 0.410 e. The fourth-order valence-electron chi connectivity index (χ4n) is 27.5. The number of amides is 2. The van der Waals surface area contributed by atoms with Gasteiger partial charge in [-0.2, -0.15) is 0 Å². The minimum Gasteiger partial charge on any atom is -0.460 e. The van der Waals surface area contributed by atoms with Gasteiger partial charge in [-0.15, -0.1) is 0 Å². The van der Waals surface area contributed by atoms with Gasteiger partial charge in [-0.25, -0.2) is 19.2 Å². The highest BCUT2D eigenvalue weighted by Crippen LogP contribution is 2.91. The van der Waals surface area contributed by atoms with Crippen LogP contribution >= 0.6 is 0 Å². The van der Waals surface area contributed by atoms with Crippen LogP contribution in [0.2, 0.25) is 0 Å². The van der Waals surface area contributed by atoms with Gasteiger partial charge >= 0.3 is 24.1 Å². The monoisotopic (exact) mass is 1410 g/mol. The summed E-state index contributed by atoms with van der Waals surface area (Å²) in [5.74, 6) is -0.336. The summed E-state index contributed by atoms with van der Waals surface area (Å²) in [4.78, 5) is 54.7. The Morgan fingerprint density at radius 3 is 1.32 bits per heavy atom. The van der Waals surface area contributed by atoms with E-state index in [4.69, 9.17) is 33.2 Å². The van der Waals surface area contributed by atoms with Crippen molar-refractivity contribution < 1.29 is 77.9 Å². The summed E-state index contributed by atoms with van der Waals surface area (Å²) in [6, 6.07) is -1.59. The fraction of sp³-hybridized carbons (Fsp3) is 0.951. The Morgan fingerprint density at radius 1 is 0.500 bits per heavy atom. The molecule has 4 unspecified atom stereocenters. The number of ether oxygens (including phenoxy) is 7. The van der Waals surface area contributed by atoms with Crippen LogP contribution in [0.25, 0.3) is 0 Å². The van der Waals surface area contributed by atoms with Gasteiger partial charge in [0.2, 0.25) is 0 Å². The van der Waals surface area contributed by atoms with Crippen LogP contribution in [0.5, 0.6) is 0 Å². The SMILES string of the molecule is CC(C)[C@H](NC(=O)OC(C)(C)C)C(=O)O[C@H]1CC[C@]23CC24CC[C@]2(C)[C@@H]([C@@]5(C)CC[C@@H](C(C)(C)O)O5)[C@@H](O)C[C@@]2(C)C4C[C@H](O)[C@H]3C1(C)C.CO[C@H]1CC2C3(CC[C@]4(C)[C@@H]([C@@]5(C)CC[C@@H](C(C)(C)O)O5)[C@@H](O)C[C@@]24C)C[C@@]32CC[C@H](OC(=O)[C@H](C(C)C)N(C)C(=O)OC(C)(C)C)C(C)(C)[C@H]12. The van der Waals surface area contributed by atoms with Gasteiger partial charge in [-0.1, -0.05) is 83.1 Å². The highest BCUT2D eigenvalue weighted by molar-refractivity contribution is 5.82. The van der Waals surface area contributed by atoms with Crippen LogP contribution in [0.4, 0.5) is 9.59 Å². The quantitative estimate of drug-likeness (QED) is 0.0741. The van der Waals surface area contributed by atoms with Crippen molar-refractivity contribution >= 4 is 24.1 Å². The van der Waals surface area contributed by atoms with Crippen molar-refractivity contribution in [2.24, 2.45) is 101 Å². The molecule has 18 nitrogen and oxygen atoms in total. The number of alkyl carbamates (subject to hydrolysis) is 1. The van der Waals surface area contributed by atoms with Crippen molar-refractivity contribution in [3.05, 3.63) is 0 Å². The molecule has 12 rings (SSSR count). The highest BCUT2D eigenvalue weighted by atomic mass is 16.6. The minimum atomic E-state index is -0.935. The molecule has 26 atom stereocenters. The van der Waals surface area contributed by atoms with Gasteiger partial charge in [0.05, 0.1) is 59.0 Å². The first-order valence-corrected chi connectivity index (χ1v) is 39.3. The van der Waals surface area contributed by atoms with Gasteiger partial charge in [0.1, 0.15) is 35.5 Å². The second kappa shape index (κ2) is 24.6. The maximum absolute atomic E-state index is 14.0. The van der Waals surface area contributed by atoms with E-state index < -0.39 is 87.6 Å². The molecule has 0 aromatic heterocycles. The van der Waals surface area contributed by atoms with Gasteiger partial charge in [0.25, 0.3) is 0 Å². The first-order valence-electron chi connectivity index (χ1n) is 39.3. The molecule has 0 radical (unpaired) electrons. The largest absolute Gasteiger partial charge is 0.460 e. The molecule has 18 heteroatoms. The average molecular weight is 1410 g/mol. The number of rotatable bonds is 13. The minimum absolute atomic E-state index is 0.000661. The summed E-state index contributed by atoms with van der Waals surface area (Å²) < 4.78 is 43.9. The number of aliphatic hydroxyl groups is 5. The lowest BCUT2D eigenvalue weighted by Crippen LogP contribution is -2.63. The fourth-order valence-corrected chi connectivity index (χ4v) is 27.5. The van der Waals surface area contributed by atoms with Crippen LogP contribution in [0.15, 0.2) is 0 Å². The second-order valence-electron chi connectivity index (χ2n) is 42.0. The molecule has 2 aliphatic heterocycles. The van der Waals surface area contributed by atoms with Crippen LogP contribution < -0.4 is 5.32 Å². The first kappa shape index (κ1) is 78.2. The number of carbonyl (C=O) groups excluding carboxylic acids is 4. The Kier molecular flexibility index (Phi) is 19.2. The number of fused-ring (bicyclic) bond motifs is 4. The Balaban J connectivity index is 0.000000202. The van der Waals surface area contributed by atoms with Crippen LogP contribution in [0.1, 0.15) is 282 Å². The third-order valence-corrected chi connectivity index (χ3v) is 31.8. The summed E-state index contributed by atoms with van der Waals surface area (Å²) in [5, 5.41) is 60.7. The molecule has 2 heterocycles. The summed E-state index contributed by atoms with van der Waals surface area (Å²) in [5.41, 5.74) is -5.24. The maximum Gasteiger partial charge on any atom is 0.410 e. The number of nitrogens with one attached hydrogen (secondary N) is 1. The zero-order valence-corrected chi connectivity index (χ0v) is 66.8. The number of methoxy groups -OCH3 is 1. The van der Waals surface area contributed by atoms with Crippen LogP contribution in [-0.2, 0) is 42.7 Å². The van der Waals surface area contributed by atoms with Crippen molar-refractivity contribution in [3.8, 4) is 0 Å². The van der Waals surface area contributed by atoms with E-state index in [0.717, 1.165) is 103 Å². The maximum atomic E-state index is 14.0. The lowest BCUT2D eigenvalue weighted by atomic mass is 9.41. The summed E-state index contributed by atoms with van der Waals surface area (Å²) in [7, 11) is 3.48. The zero-order valence-electron chi connectivity index (χ0n) is 66.8. The molecule has 6 N–H and O–H groups in total. The molecule has 4 spiro atoms. The summed E-state index contributed by atoms with van der Waals surface area (Å²) in [6.45, 7) is 48.7. The van der Waals surface area contributed by atoms with Crippen molar-refractivity contribution in [3.63, 3.8) is 0 Å². The number of carbonyl (C=O) groups is 4. The zero-order chi connectivity index (χ0) is 74.7. The molecule has 10 aliphatic carbocycles. The number of nitrogens with zero attached hydrogens (tertiary/aromatic N) is 1. The van der Waals surface area contributed by atoms with Gasteiger partial charge in [0.15, 0.2) is 0 Å². The Labute approximate surface area is 601 Å². The van der Waals surface area contributed by atoms with Crippen molar-refractivity contribution in [1.82, 2.24) is 10.2 Å². The van der Waals surface area contributed by atoms with E-state index >= 15 is 0 Å². The molecule has 10 saturated carbocycles. The van der Waals surface area contributed by atoms with Gasteiger partial charge in [-0.3, -0.25) is 4.90 Å². The third-order valence-electron chi connectivity index (χ3n) is 31.8. The van der Waals surface area contributed by atoms with E-state index in [1.54, 1.807) is 27.8 Å². The Bertz CT molecular complexity index is 3120. The van der Waals surface area contributed by atoms with Gasteiger partial charge in [-0.05, 0) is 277 Å². The standard InChI is InChI=1S/C42H71NO8.C40H67NO8/c1-24(2)30(43(13)34(46)51-35(3,4)5)33(45)49-28-16-18-42-23-41(42)20-19-38(10)31(40(12)17-15-29(50-40)37(8,9)47)25(44)22-39(38,11)27(41)21-26(48-14)32(42)36(28,6)7;1-22(2)28(41-32(45)49-33(3,4)5)31(44)47-26-14-16-40-21-39(40)18-17-36(10)30(38(12)15-13-27(48-38)35(8,9)46)24(43)20-37(36,11)25(39)19-23(42)29(40)34(26,6)7/h24-32,44,47H,15-23H2,1-14H3;22-30,42-43,46H,13-21H2,1-12H3,(H,41,45)/t25-,26-,27?,28-,29-,30-,31-,32-,38+,39-,40+,41?,42+;23-,24-,25?,26-,27-,28-,29-,30-,36+,37-,38+,39?,40+/m00/s1. The van der Waals surface area contributed by atoms with Gasteiger partial charge < -0.3 is 64.0 Å². The molecule has 12 aliphatic rings. The Morgan fingerprint density at radius 2 is 0.920 bits per heavy atom. The number of likely N-dealkylation sites (N-methyl/N-ethyl adjacent to an activating group) is 1. The number of aliphatic hydroxyl groups excluding tert-OH is 3. The molecular weight excluding hydrogens is 1270 g/mol. The topological polar surface area (TPSA) is 249 Å². The third kappa shape index (κ3) is 11.8. The summed E-state index contributed by atoms with van der Waals surface area (Å²) >= 11 is 0. The molecular formula is C82H138N2O16. The van der Waals surface area contributed by atoms with Gasteiger partial charge in [0, 0.05) is 36.8 Å². The second-order valence-corrected chi connectivity index (χ2v) is 42.0. The predicted octanol–water partition coefficient (Wildman–Crippen LogP) is 14.1. The summed E-state index contributed by atoms with van der Waals surface area (Å²) in [6.07, 6.45) is 12.3.